The van der Waals surface area contributed by atoms with E-state index in [9.17, 15) is 9.59 Å². The van der Waals surface area contributed by atoms with E-state index in [1.54, 1.807) is 7.05 Å². The third-order valence-corrected chi connectivity index (χ3v) is 3.82. The molecule has 0 saturated heterocycles. The highest BCUT2D eigenvalue weighted by atomic mass is 16.2. The summed E-state index contributed by atoms with van der Waals surface area (Å²) in [5, 5.41) is 3.32. The first-order chi connectivity index (χ1) is 11.7. The molecule has 0 atom stereocenters. The Morgan fingerprint density at radius 1 is 0.960 bits per heavy atom. The van der Waals surface area contributed by atoms with Gasteiger partial charge in [-0.2, -0.15) is 0 Å². The molecule has 7 nitrogen and oxygen atoms in total. The number of nitrogens with zero attached hydrogens (tertiary/aromatic N) is 4. The average Bonchev–Trinajstić information content (AvgIpc) is 2.57. The maximum Gasteiger partial charge on any atom is 0.332 e. The lowest BCUT2D eigenvalue weighted by molar-refractivity contribution is 0.629. The molecule has 1 aromatic carbocycles. The fourth-order valence-electron chi connectivity index (χ4n) is 2.60. The van der Waals surface area contributed by atoms with E-state index in [1.807, 2.05) is 51.1 Å². The van der Waals surface area contributed by atoms with Crippen molar-refractivity contribution in [3.05, 3.63) is 51.2 Å². The van der Waals surface area contributed by atoms with E-state index in [4.69, 9.17) is 0 Å². The molecule has 3 aromatic rings. The van der Waals surface area contributed by atoms with Gasteiger partial charge in [0.25, 0.3) is 5.56 Å². The molecular weight excluding hydrogens is 318 g/mol. The van der Waals surface area contributed by atoms with Crippen LogP contribution in [0.3, 0.4) is 0 Å². The monoisotopic (exact) mass is 339 g/mol. The molecule has 0 unspecified atom stereocenters. The molecule has 3 rings (SSSR count). The van der Waals surface area contributed by atoms with E-state index >= 15 is 0 Å². The van der Waals surface area contributed by atoms with Crippen molar-refractivity contribution in [2.75, 3.05) is 5.32 Å². The van der Waals surface area contributed by atoms with Gasteiger partial charge in [0.1, 0.15) is 5.69 Å². The molecule has 7 heteroatoms. The van der Waals surface area contributed by atoms with Crippen LogP contribution in [-0.4, -0.2) is 24.6 Å². The van der Waals surface area contributed by atoms with Crippen LogP contribution in [0.2, 0.25) is 0 Å². The van der Waals surface area contributed by atoms with E-state index < -0.39 is 11.2 Å². The van der Waals surface area contributed by atoms with Gasteiger partial charge in [0.15, 0.2) is 17.0 Å². The number of rotatable bonds is 2. The summed E-state index contributed by atoms with van der Waals surface area (Å²) < 4.78 is 2.38. The molecule has 0 spiro atoms. The fraction of sp³-hybridized carbons (Fsp3) is 0.333. The van der Waals surface area contributed by atoms with Crippen LogP contribution in [-0.2, 0) is 14.1 Å². The number of aryl methyl sites for hydroxylation is 1. The summed E-state index contributed by atoms with van der Waals surface area (Å²) >= 11 is 0. The van der Waals surface area contributed by atoms with Gasteiger partial charge >= 0.3 is 5.69 Å². The number of hydrogen-bond donors (Lipinski definition) is 1. The predicted octanol–water partition coefficient (Wildman–Crippen LogP) is 1.90. The van der Waals surface area contributed by atoms with Gasteiger partial charge in [0.2, 0.25) is 0 Å². The SMILES string of the molecule is Cn1c(=O)c2nc(-c3ccccc3)c(NC(C)(C)C)nc2n(C)c1=O. The first-order valence-corrected chi connectivity index (χ1v) is 8.00. The molecule has 0 fully saturated rings. The Hall–Kier alpha value is -2.96. The van der Waals surface area contributed by atoms with Crippen LogP contribution >= 0.6 is 0 Å². The quantitative estimate of drug-likeness (QED) is 0.771. The Balaban J connectivity index is 2.42. The van der Waals surface area contributed by atoms with Gasteiger partial charge in [-0.1, -0.05) is 30.3 Å². The number of hydrogen-bond acceptors (Lipinski definition) is 5. The maximum absolute atomic E-state index is 12.5. The summed E-state index contributed by atoms with van der Waals surface area (Å²) in [4.78, 5) is 33.8. The molecule has 2 aromatic heterocycles. The topological polar surface area (TPSA) is 81.8 Å². The van der Waals surface area contributed by atoms with Gasteiger partial charge in [-0.15, -0.1) is 0 Å². The van der Waals surface area contributed by atoms with Gasteiger partial charge in [-0.25, -0.2) is 14.8 Å². The summed E-state index contributed by atoms with van der Waals surface area (Å²) in [6.07, 6.45) is 0. The Morgan fingerprint density at radius 3 is 2.20 bits per heavy atom. The highest BCUT2D eigenvalue weighted by Gasteiger charge is 2.20. The van der Waals surface area contributed by atoms with Crippen molar-refractivity contribution in [3.8, 4) is 11.3 Å². The largest absolute Gasteiger partial charge is 0.364 e. The van der Waals surface area contributed by atoms with Gasteiger partial charge in [-0.3, -0.25) is 13.9 Å². The van der Waals surface area contributed by atoms with Crippen LogP contribution in [0.5, 0.6) is 0 Å². The average molecular weight is 339 g/mol. The van der Waals surface area contributed by atoms with E-state index in [0.29, 0.717) is 11.5 Å². The minimum absolute atomic E-state index is 0.169. The molecule has 130 valence electrons. The van der Waals surface area contributed by atoms with Gasteiger partial charge < -0.3 is 5.32 Å². The second-order valence-corrected chi connectivity index (χ2v) is 7.04. The number of fused-ring (bicyclic) bond motifs is 1. The van der Waals surface area contributed by atoms with Gasteiger partial charge in [0, 0.05) is 25.2 Å². The second kappa shape index (κ2) is 5.84. The van der Waals surface area contributed by atoms with E-state index in [0.717, 1.165) is 10.1 Å². The second-order valence-electron chi connectivity index (χ2n) is 7.04. The lowest BCUT2D eigenvalue weighted by Crippen LogP contribution is -2.38. The van der Waals surface area contributed by atoms with Crippen molar-refractivity contribution >= 4 is 17.0 Å². The minimum Gasteiger partial charge on any atom is -0.364 e. The van der Waals surface area contributed by atoms with Crippen LogP contribution in [0.15, 0.2) is 39.9 Å². The molecule has 25 heavy (non-hydrogen) atoms. The summed E-state index contributed by atoms with van der Waals surface area (Å²) in [7, 11) is 3.02. The van der Waals surface area contributed by atoms with Crippen molar-refractivity contribution in [2.45, 2.75) is 26.3 Å². The summed E-state index contributed by atoms with van der Waals surface area (Å²) in [5.41, 5.74) is 0.719. The Bertz CT molecular complexity index is 1060. The van der Waals surface area contributed by atoms with Crippen LogP contribution in [0, 0.1) is 0 Å². The molecule has 0 saturated carbocycles. The Labute approximate surface area is 145 Å². The predicted molar refractivity (Wildman–Crippen MR) is 98.8 cm³/mol. The molecule has 0 aliphatic carbocycles. The molecule has 1 N–H and O–H groups in total. The number of anilines is 1. The molecule has 2 heterocycles. The number of aromatic nitrogens is 4. The molecule has 0 aliphatic rings. The van der Waals surface area contributed by atoms with Crippen molar-refractivity contribution in [1.82, 2.24) is 19.1 Å². The first-order valence-electron chi connectivity index (χ1n) is 8.00. The minimum atomic E-state index is -0.454. The Kier molecular flexibility index (Phi) is 3.94. The van der Waals surface area contributed by atoms with E-state index in [-0.39, 0.29) is 16.7 Å². The van der Waals surface area contributed by atoms with Crippen molar-refractivity contribution < 1.29 is 0 Å². The van der Waals surface area contributed by atoms with Crippen molar-refractivity contribution in [1.29, 1.82) is 0 Å². The maximum atomic E-state index is 12.5. The summed E-state index contributed by atoms with van der Waals surface area (Å²) in [5.74, 6) is 0.537. The highest BCUT2D eigenvalue weighted by molar-refractivity contribution is 5.81. The first kappa shape index (κ1) is 16.9. The van der Waals surface area contributed by atoms with Crippen LogP contribution in [0.4, 0.5) is 5.82 Å². The normalized spacial score (nSPS) is 11.7. The third kappa shape index (κ3) is 3.05. The van der Waals surface area contributed by atoms with Crippen LogP contribution in [0.25, 0.3) is 22.4 Å². The standard InChI is InChI=1S/C18H21N5O2/c1-18(2,3)21-14-12(11-9-7-6-8-10-11)19-13-15(20-14)22(4)17(25)23(5)16(13)24/h6-10H,1-5H3,(H,20,21). The third-order valence-electron chi connectivity index (χ3n) is 3.82. The number of benzene rings is 1. The van der Waals surface area contributed by atoms with Crippen LogP contribution < -0.4 is 16.6 Å². The summed E-state index contributed by atoms with van der Waals surface area (Å²) in [6.45, 7) is 6.03. The van der Waals surface area contributed by atoms with Gasteiger partial charge in [-0.05, 0) is 20.8 Å². The zero-order valence-electron chi connectivity index (χ0n) is 15.0. The van der Waals surface area contributed by atoms with Gasteiger partial charge in [0.05, 0.1) is 0 Å². The molecule has 0 bridgehead atoms. The van der Waals surface area contributed by atoms with Crippen molar-refractivity contribution in [3.63, 3.8) is 0 Å². The smallest absolute Gasteiger partial charge is 0.332 e. The number of nitrogens with one attached hydrogen (secondary N) is 1. The zero-order chi connectivity index (χ0) is 18.4. The molecule has 0 radical (unpaired) electrons. The molecule has 0 aliphatic heterocycles. The molecular formula is C18H21N5O2. The van der Waals surface area contributed by atoms with E-state index in [1.165, 1.54) is 11.6 Å². The Morgan fingerprint density at radius 2 is 1.60 bits per heavy atom. The molecule has 0 amide bonds. The lowest BCUT2D eigenvalue weighted by Gasteiger charge is -2.23. The fourth-order valence-corrected chi connectivity index (χ4v) is 2.60. The van der Waals surface area contributed by atoms with E-state index in [2.05, 4.69) is 15.3 Å². The highest BCUT2D eigenvalue weighted by Crippen LogP contribution is 2.27. The van der Waals surface area contributed by atoms with Crippen molar-refractivity contribution in [2.24, 2.45) is 14.1 Å². The zero-order valence-corrected chi connectivity index (χ0v) is 15.0. The van der Waals surface area contributed by atoms with Crippen LogP contribution in [0.1, 0.15) is 20.8 Å². The lowest BCUT2D eigenvalue weighted by atomic mass is 10.1. The summed E-state index contributed by atoms with van der Waals surface area (Å²) in [6, 6.07) is 9.55.